The van der Waals surface area contributed by atoms with Crippen molar-refractivity contribution in [1.29, 1.82) is 0 Å². The molecule has 0 spiro atoms. The first-order valence-electron chi connectivity index (χ1n) is 29.1. The maximum Gasteiger partial charge on any atom is 0.306 e. The van der Waals surface area contributed by atoms with Crippen molar-refractivity contribution >= 4 is 17.9 Å². The van der Waals surface area contributed by atoms with E-state index in [4.69, 9.17) is 14.2 Å². The number of esters is 3. The number of ether oxygens (including phenoxy) is 3. The van der Waals surface area contributed by atoms with Crippen LogP contribution in [0.3, 0.4) is 0 Å². The van der Waals surface area contributed by atoms with Crippen LogP contribution in [0, 0.1) is 0 Å². The van der Waals surface area contributed by atoms with Gasteiger partial charge in [-0.05, 0) is 103 Å². The fourth-order valence-corrected chi connectivity index (χ4v) is 8.35. The van der Waals surface area contributed by atoms with Gasteiger partial charge in [0, 0.05) is 19.3 Å². The molecular weight excluding hydrogens is 829 g/mol. The third-order valence-electron chi connectivity index (χ3n) is 12.8. The van der Waals surface area contributed by atoms with Crippen LogP contribution >= 0.6 is 0 Å². The molecule has 0 aliphatic rings. The summed E-state index contributed by atoms with van der Waals surface area (Å²) < 4.78 is 16.9. The zero-order valence-electron chi connectivity index (χ0n) is 44.7. The lowest BCUT2D eigenvalue weighted by Gasteiger charge is -2.18. The van der Waals surface area contributed by atoms with Gasteiger partial charge >= 0.3 is 17.9 Å². The Hall–Kier alpha value is -2.63. The van der Waals surface area contributed by atoms with E-state index in [0.29, 0.717) is 19.3 Å². The summed E-state index contributed by atoms with van der Waals surface area (Å²) in [6, 6.07) is 0. The number of rotatable bonds is 53. The maximum absolute atomic E-state index is 12.9. The Morgan fingerprint density at radius 2 is 0.537 bits per heavy atom. The van der Waals surface area contributed by atoms with Crippen LogP contribution in [-0.4, -0.2) is 37.2 Å². The van der Waals surface area contributed by atoms with Gasteiger partial charge in [-0.2, -0.15) is 0 Å². The molecule has 1 atom stereocenters. The molecule has 0 aliphatic heterocycles. The van der Waals surface area contributed by atoms with Gasteiger partial charge < -0.3 is 14.2 Å². The van der Waals surface area contributed by atoms with Gasteiger partial charge in [0.25, 0.3) is 0 Å². The molecule has 0 fully saturated rings. The van der Waals surface area contributed by atoms with E-state index in [1.54, 1.807) is 0 Å². The molecular formula is C61H110O6. The first-order chi connectivity index (χ1) is 33.0. The van der Waals surface area contributed by atoms with Gasteiger partial charge in [0.15, 0.2) is 6.10 Å². The Morgan fingerprint density at radius 3 is 0.866 bits per heavy atom. The Kier molecular flexibility index (Phi) is 53.8. The third-order valence-corrected chi connectivity index (χ3v) is 12.8. The van der Waals surface area contributed by atoms with Crippen LogP contribution in [0.4, 0.5) is 0 Å². The Labute approximate surface area is 416 Å². The van der Waals surface area contributed by atoms with Crippen molar-refractivity contribution in [3.63, 3.8) is 0 Å². The van der Waals surface area contributed by atoms with E-state index in [-0.39, 0.29) is 31.1 Å². The second-order valence-electron chi connectivity index (χ2n) is 19.5. The highest BCUT2D eigenvalue weighted by Gasteiger charge is 2.19. The molecule has 0 bridgehead atoms. The van der Waals surface area contributed by atoms with Crippen LogP contribution in [0.1, 0.15) is 303 Å². The summed E-state index contributed by atoms with van der Waals surface area (Å²) in [5.41, 5.74) is 0. The Bertz CT molecular complexity index is 1170. The van der Waals surface area contributed by atoms with Gasteiger partial charge in [-0.1, -0.05) is 230 Å². The van der Waals surface area contributed by atoms with Crippen molar-refractivity contribution in [2.75, 3.05) is 13.2 Å². The highest BCUT2D eigenvalue weighted by Crippen LogP contribution is 2.15. The minimum atomic E-state index is -0.782. The van der Waals surface area contributed by atoms with Gasteiger partial charge in [0.05, 0.1) is 0 Å². The number of unbranched alkanes of at least 4 members (excludes halogenated alkanes) is 34. The fraction of sp³-hybridized carbons (Fsp3) is 0.820. The summed E-state index contributed by atoms with van der Waals surface area (Å²) in [6.45, 7) is 6.62. The van der Waals surface area contributed by atoms with Crippen LogP contribution in [0.2, 0.25) is 0 Å². The van der Waals surface area contributed by atoms with Crippen molar-refractivity contribution in [1.82, 2.24) is 0 Å². The zero-order valence-corrected chi connectivity index (χ0v) is 44.7. The highest BCUT2D eigenvalue weighted by atomic mass is 16.6. The highest BCUT2D eigenvalue weighted by molar-refractivity contribution is 5.71. The first kappa shape index (κ1) is 64.4. The van der Waals surface area contributed by atoms with Crippen molar-refractivity contribution in [3.8, 4) is 0 Å². The Balaban J connectivity index is 4.39. The van der Waals surface area contributed by atoms with E-state index >= 15 is 0 Å². The molecule has 0 aromatic rings. The van der Waals surface area contributed by atoms with E-state index in [2.05, 4.69) is 69.4 Å². The second-order valence-corrected chi connectivity index (χ2v) is 19.5. The molecule has 0 radical (unpaired) electrons. The molecule has 0 rings (SSSR count). The van der Waals surface area contributed by atoms with Crippen LogP contribution in [0.25, 0.3) is 0 Å². The number of allylic oxidation sites excluding steroid dienone is 8. The molecule has 0 N–H and O–H groups in total. The summed E-state index contributed by atoms with van der Waals surface area (Å²) in [6.07, 6.45) is 68.1. The largest absolute Gasteiger partial charge is 0.462 e. The topological polar surface area (TPSA) is 78.9 Å². The summed E-state index contributed by atoms with van der Waals surface area (Å²) in [5, 5.41) is 0. The van der Waals surface area contributed by atoms with Crippen molar-refractivity contribution in [2.24, 2.45) is 0 Å². The van der Waals surface area contributed by atoms with E-state index < -0.39 is 6.10 Å². The van der Waals surface area contributed by atoms with Crippen LogP contribution < -0.4 is 0 Å². The summed E-state index contributed by atoms with van der Waals surface area (Å²) in [5.74, 6) is -0.887. The molecule has 0 aliphatic carbocycles. The minimum absolute atomic E-state index is 0.0798. The van der Waals surface area contributed by atoms with E-state index in [1.807, 2.05) is 0 Å². The maximum atomic E-state index is 12.9. The van der Waals surface area contributed by atoms with Crippen molar-refractivity contribution in [2.45, 2.75) is 309 Å². The second kappa shape index (κ2) is 56.0. The van der Waals surface area contributed by atoms with Gasteiger partial charge in [0.1, 0.15) is 13.2 Å². The number of carbonyl (C=O) groups is 3. The molecule has 0 amide bonds. The molecule has 0 unspecified atom stereocenters. The van der Waals surface area contributed by atoms with Gasteiger partial charge in [-0.3, -0.25) is 14.4 Å². The standard InChI is InChI=1S/C61H110O6/c1-4-7-10-13-16-19-22-25-28-30-33-36-39-42-45-48-51-54-60(63)66-57-58(56-65-59(62)53-50-47-44-41-38-35-32-27-24-21-18-15-12-9-6-3)67-61(64)55-52-49-46-43-40-37-34-31-29-26-23-20-17-14-11-8-5-2/h17,20,25-29,32,58H,4-16,18-19,21-24,30-31,33-57H2,1-3H3/b20-17-,28-25-,29-26-,32-27-/t58-/m0/s1. The molecule has 390 valence electrons. The predicted molar refractivity (Wildman–Crippen MR) is 289 cm³/mol. The molecule has 6 nitrogen and oxygen atoms in total. The monoisotopic (exact) mass is 939 g/mol. The molecule has 0 saturated carbocycles. The predicted octanol–water partition coefficient (Wildman–Crippen LogP) is 19.4. The number of carbonyl (C=O) groups excluding carboxylic acids is 3. The van der Waals surface area contributed by atoms with Gasteiger partial charge in [-0.25, -0.2) is 0 Å². The zero-order chi connectivity index (χ0) is 48.6. The quantitative estimate of drug-likeness (QED) is 0.0262. The van der Waals surface area contributed by atoms with Crippen LogP contribution in [-0.2, 0) is 28.6 Å². The smallest absolute Gasteiger partial charge is 0.306 e. The lowest BCUT2D eigenvalue weighted by molar-refractivity contribution is -0.167. The van der Waals surface area contributed by atoms with E-state index in [0.717, 1.165) is 77.0 Å². The normalized spacial score (nSPS) is 12.3. The fourth-order valence-electron chi connectivity index (χ4n) is 8.35. The van der Waals surface area contributed by atoms with Crippen molar-refractivity contribution in [3.05, 3.63) is 48.6 Å². The average molecular weight is 940 g/mol. The van der Waals surface area contributed by atoms with Gasteiger partial charge in [-0.15, -0.1) is 0 Å². The molecule has 0 aromatic heterocycles. The first-order valence-corrected chi connectivity index (χ1v) is 29.1. The van der Waals surface area contributed by atoms with E-state index in [1.165, 1.54) is 186 Å². The molecule has 0 aromatic carbocycles. The van der Waals surface area contributed by atoms with Crippen LogP contribution in [0.15, 0.2) is 48.6 Å². The molecule has 0 saturated heterocycles. The lowest BCUT2D eigenvalue weighted by Crippen LogP contribution is -2.30. The number of hydrogen-bond donors (Lipinski definition) is 0. The van der Waals surface area contributed by atoms with Crippen LogP contribution in [0.5, 0.6) is 0 Å². The SMILES string of the molecule is CCCCC/C=C\C/C=C\CCCCCCCCCC(=O)O[C@@H](COC(=O)CCCCCCC/C=C\CCCCCCCC)COC(=O)CCCCCCCCC/C=C\CCCCCCCC. The average Bonchev–Trinajstić information content (AvgIpc) is 3.33. The van der Waals surface area contributed by atoms with Gasteiger partial charge in [0.2, 0.25) is 0 Å². The summed E-state index contributed by atoms with van der Waals surface area (Å²) >= 11 is 0. The summed E-state index contributed by atoms with van der Waals surface area (Å²) in [4.78, 5) is 38.2. The molecule has 0 heterocycles. The van der Waals surface area contributed by atoms with Crippen molar-refractivity contribution < 1.29 is 28.6 Å². The summed E-state index contributed by atoms with van der Waals surface area (Å²) in [7, 11) is 0. The lowest BCUT2D eigenvalue weighted by atomic mass is 10.1. The molecule has 6 heteroatoms. The Morgan fingerprint density at radius 1 is 0.299 bits per heavy atom. The van der Waals surface area contributed by atoms with E-state index in [9.17, 15) is 14.4 Å². The minimum Gasteiger partial charge on any atom is -0.462 e. The molecule has 67 heavy (non-hydrogen) atoms. The number of hydrogen-bond acceptors (Lipinski definition) is 6. The third kappa shape index (κ3) is 54.2.